The van der Waals surface area contributed by atoms with Crippen LogP contribution in [0.5, 0.6) is 5.75 Å². The summed E-state index contributed by atoms with van der Waals surface area (Å²) in [7, 11) is 0.893. The Labute approximate surface area is 251 Å². The monoisotopic (exact) mass is 610 g/mol. The summed E-state index contributed by atoms with van der Waals surface area (Å²) in [6.07, 6.45) is 3.72. The molecule has 0 aliphatic heterocycles. The summed E-state index contributed by atoms with van der Waals surface area (Å²) in [5, 5.41) is 5.00. The van der Waals surface area contributed by atoms with Crippen LogP contribution in [0.3, 0.4) is 0 Å². The Morgan fingerprint density at radius 3 is 2.33 bits per heavy atom. The number of amides is 2. The number of benzene rings is 1. The van der Waals surface area contributed by atoms with E-state index >= 15 is 0 Å². The van der Waals surface area contributed by atoms with Gasteiger partial charge >= 0.3 is 5.97 Å². The second-order valence-corrected chi connectivity index (χ2v) is 12.4. The Morgan fingerprint density at radius 1 is 0.953 bits per heavy atom. The van der Waals surface area contributed by atoms with Crippen LogP contribution in [0.4, 0.5) is 4.79 Å². The lowest BCUT2D eigenvalue weighted by Crippen LogP contribution is -2.50. The van der Waals surface area contributed by atoms with E-state index in [4.69, 9.17) is 17.3 Å². The van der Waals surface area contributed by atoms with Crippen molar-refractivity contribution in [3.63, 3.8) is 0 Å². The van der Waals surface area contributed by atoms with Gasteiger partial charge in [-0.25, -0.2) is 8.42 Å². The highest BCUT2D eigenvalue weighted by atomic mass is 32.2. The zero-order chi connectivity index (χ0) is 31.6. The van der Waals surface area contributed by atoms with Crippen molar-refractivity contribution in [3.05, 3.63) is 76.7 Å². The van der Waals surface area contributed by atoms with Gasteiger partial charge in [0.15, 0.2) is 13.7 Å². The molecule has 1 unspecified atom stereocenters. The van der Waals surface area contributed by atoms with Gasteiger partial charge in [-0.2, -0.15) is 4.72 Å². The topological polar surface area (TPSA) is 161 Å². The summed E-state index contributed by atoms with van der Waals surface area (Å²) in [6.45, 7) is 5.27. The number of aromatic nitrogens is 1. The molecule has 2 radical (unpaired) electrons. The van der Waals surface area contributed by atoms with E-state index in [0.717, 1.165) is 12.8 Å². The van der Waals surface area contributed by atoms with Crippen molar-refractivity contribution >= 4 is 41.1 Å². The van der Waals surface area contributed by atoms with Crippen LogP contribution < -0.4 is 25.7 Å². The third-order valence-electron chi connectivity index (χ3n) is 5.97. The fraction of sp³-hybridized carbons (Fsp3) is 0.379. The predicted molar refractivity (Wildman–Crippen MR) is 161 cm³/mol. The normalized spacial score (nSPS) is 12.3. The van der Waals surface area contributed by atoms with Crippen LogP contribution in [0.2, 0.25) is 0 Å². The lowest BCUT2D eigenvalue weighted by Gasteiger charge is -2.24. The first-order chi connectivity index (χ1) is 20.3. The Hall–Kier alpha value is -4.17. The zero-order valence-electron chi connectivity index (χ0n) is 24.3. The number of fused-ring (bicyclic) bond motifs is 1. The SMILES string of the molecule is [B]C(=O)NCCCCCOc1ccc2ccc(C(=O)NCC(NS(=O)(=O)c3ccccc3)C(=O)OC(C)(C)C)c(=O)n2c1. The number of carbonyl (C=O) groups is 3. The first-order valence-corrected chi connectivity index (χ1v) is 15.1. The van der Waals surface area contributed by atoms with E-state index in [9.17, 15) is 27.6 Å². The van der Waals surface area contributed by atoms with E-state index < -0.39 is 51.5 Å². The number of nitrogens with one attached hydrogen (secondary N) is 3. The van der Waals surface area contributed by atoms with Gasteiger partial charge in [-0.1, -0.05) is 18.2 Å². The second-order valence-electron chi connectivity index (χ2n) is 10.6. The highest BCUT2D eigenvalue weighted by molar-refractivity contribution is 7.89. The molecule has 12 nitrogen and oxygen atoms in total. The van der Waals surface area contributed by atoms with Gasteiger partial charge in [0.25, 0.3) is 11.5 Å². The summed E-state index contributed by atoms with van der Waals surface area (Å²) in [6, 6.07) is 12.3. The smallest absolute Gasteiger partial charge is 0.326 e. The van der Waals surface area contributed by atoms with Crippen LogP contribution in [0.25, 0.3) is 5.52 Å². The maximum Gasteiger partial charge on any atom is 0.326 e. The van der Waals surface area contributed by atoms with Gasteiger partial charge in [0.2, 0.25) is 10.0 Å². The summed E-state index contributed by atoms with van der Waals surface area (Å²) in [4.78, 5) is 49.8. The number of unbranched alkanes of at least 4 members (excludes halogenated alkanes) is 2. The quantitative estimate of drug-likeness (QED) is 0.142. The summed E-state index contributed by atoms with van der Waals surface area (Å²) in [5.74, 6) is -1.85. The molecule has 3 N–H and O–H groups in total. The van der Waals surface area contributed by atoms with Gasteiger partial charge < -0.3 is 20.1 Å². The van der Waals surface area contributed by atoms with Crippen molar-refractivity contribution in [2.75, 3.05) is 19.7 Å². The summed E-state index contributed by atoms with van der Waals surface area (Å²) < 4.78 is 40.5. The zero-order valence-corrected chi connectivity index (χ0v) is 25.1. The molecule has 1 atom stereocenters. The Kier molecular flexibility index (Phi) is 11.5. The molecule has 14 heteroatoms. The lowest BCUT2D eigenvalue weighted by atomic mass is 10.1. The van der Waals surface area contributed by atoms with Gasteiger partial charge in [0.1, 0.15) is 23.0 Å². The number of sulfonamides is 1. The molecule has 0 spiro atoms. The third-order valence-corrected chi connectivity index (χ3v) is 7.45. The maximum atomic E-state index is 13.2. The number of pyridine rings is 2. The van der Waals surface area contributed by atoms with Crippen molar-refractivity contribution in [2.45, 2.75) is 56.6 Å². The molecule has 0 fully saturated rings. The molecule has 2 heterocycles. The number of hydrogen-bond donors (Lipinski definition) is 3. The maximum absolute atomic E-state index is 13.2. The average molecular weight is 610 g/mol. The molecule has 0 aliphatic carbocycles. The van der Waals surface area contributed by atoms with E-state index in [1.165, 1.54) is 40.9 Å². The number of ether oxygens (including phenoxy) is 2. The van der Waals surface area contributed by atoms with Crippen molar-refractivity contribution in [1.29, 1.82) is 0 Å². The molecular weight excluding hydrogens is 575 g/mol. The Bertz CT molecular complexity index is 1600. The number of nitrogens with zero attached hydrogens (tertiary/aromatic N) is 1. The highest BCUT2D eigenvalue weighted by Gasteiger charge is 2.30. The largest absolute Gasteiger partial charge is 0.492 e. The molecule has 0 saturated heterocycles. The van der Waals surface area contributed by atoms with Crippen molar-refractivity contribution < 1.29 is 32.3 Å². The number of hydrogen-bond acceptors (Lipinski definition) is 8. The summed E-state index contributed by atoms with van der Waals surface area (Å²) in [5.41, 5.74) is -1.24. The van der Waals surface area contributed by atoms with Crippen molar-refractivity contribution in [2.24, 2.45) is 0 Å². The molecular formula is C29H35BN4O8S. The molecule has 2 aromatic heterocycles. The molecule has 43 heavy (non-hydrogen) atoms. The standard InChI is InChI=1S/C29H35BN4O8S/c1-29(2,3)42-27(37)24(33-43(39,40)22-10-6-4-7-11-22)18-32-25(35)23-15-13-20-12-14-21(19-34(20)26(23)36)41-17-9-5-8-16-31-28(30)38/h4,6-7,10-15,19,24,33H,5,8-9,16-18H2,1-3H3,(H,31,38)(H,32,35). The van der Waals surface area contributed by atoms with Gasteiger partial charge in [-0.15, -0.1) is 0 Å². The van der Waals surface area contributed by atoms with Crippen LogP contribution in [-0.2, 0) is 19.6 Å². The van der Waals surface area contributed by atoms with Crippen LogP contribution in [0.15, 0.2) is 70.5 Å². The van der Waals surface area contributed by atoms with Gasteiger partial charge in [0, 0.05) is 18.6 Å². The Morgan fingerprint density at radius 2 is 1.65 bits per heavy atom. The predicted octanol–water partition coefficient (Wildman–Crippen LogP) is 2.15. The van der Waals surface area contributed by atoms with E-state index in [2.05, 4.69) is 15.4 Å². The minimum atomic E-state index is -4.14. The van der Waals surface area contributed by atoms with Crippen LogP contribution in [0, 0.1) is 0 Å². The number of carbonyl (C=O) groups excluding carboxylic acids is 3. The fourth-order valence-electron chi connectivity index (χ4n) is 3.93. The molecule has 0 bridgehead atoms. The van der Waals surface area contributed by atoms with E-state index in [1.54, 1.807) is 45.0 Å². The average Bonchev–Trinajstić information content (AvgIpc) is 2.94. The van der Waals surface area contributed by atoms with Crippen molar-refractivity contribution in [1.82, 2.24) is 19.8 Å². The fourth-order valence-corrected chi connectivity index (χ4v) is 5.13. The molecule has 3 rings (SSSR count). The number of esters is 1. The van der Waals surface area contributed by atoms with Crippen molar-refractivity contribution in [3.8, 4) is 5.75 Å². The highest BCUT2D eigenvalue weighted by Crippen LogP contribution is 2.14. The molecule has 0 aliphatic rings. The molecule has 3 aromatic rings. The third kappa shape index (κ3) is 10.3. The molecule has 2 amide bonds. The molecule has 228 valence electrons. The minimum Gasteiger partial charge on any atom is -0.492 e. The summed E-state index contributed by atoms with van der Waals surface area (Å²) >= 11 is 0. The second kappa shape index (κ2) is 14.8. The Balaban J connectivity index is 1.71. The van der Waals surface area contributed by atoms with E-state index in [0.29, 0.717) is 30.8 Å². The minimum absolute atomic E-state index is 0.0687. The molecule has 0 saturated carbocycles. The van der Waals surface area contributed by atoms with Gasteiger partial charge in [-0.3, -0.25) is 23.6 Å². The number of rotatable bonds is 14. The molecule has 1 aromatic carbocycles. The first-order valence-electron chi connectivity index (χ1n) is 13.7. The van der Waals surface area contributed by atoms with Gasteiger partial charge in [-0.05, 0) is 76.4 Å². The van der Waals surface area contributed by atoms with Crippen LogP contribution in [-0.4, -0.2) is 69.7 Å². The van der Waals surface area contributed by atoms with Gasteiger partial charge in [0.05, 0.1) is 17.7 Å². The first kappa shape index (κ1) is 33.3. The van der Waals surface area contributed by atoms with E-state index in [1.807, 2.05) is 0 Å². The van der Waals surface area contributed by atoms with E-state index in [-0.39, 0.29) is 10.5 Å². The van der Waals surface area contributed by atoms with Crippen LogP contribution in [0.1, 0.15) is 50.4 Å². The lowest BCUT2D eigenvalue weighted by molar-refractivity contribution is -0.156. The van der Waals surface area contributed by atoms with Crippen LogP contribution >= 0.6 is 0 Å².